The quantitative estimate of drug-likeness (QED) is 0.867. The minimum Gasteiger partial charge on any atom is -0.396 e. The molecule has 1 aromatic rings. The maximum Gasteiger partial charge on any atom is 0.240 e. The number of benzene rings is 1. The van der Waals surface area contributed by atoms with Gasteiger partial charge in [-0.2, -0.15) is 0 Å². The zero-order valence-corrected chi connectivity index (χ0v) is 11.7. The normalized spacial score (nSPS) is 17.7. The van der Waals surface area contributed by atoms with E-state index < -0.39 is 10.0 Å². The molecular weight excluding hydrogens is 274 g/mol. The Hall–Kier alpha value is -0.620. The number of aliphatic hydroxyl groups excluding tert-OH is 1. The number of aryl methyl sites for hydroxylation is 1. The Kier molecular flexibility index (Phi) is 3.69. The van der Waals surface area contributed by atoms with Crippen LogP contribution in [0.3, 0.4) is 0 Å². The van der Waals surface area contributed by atoms with Gasteiger partial charge >= 0.3 is 0 Å². The van der Waals surface area contributed by atoms with E-state index in [4.69, 9.17) is 16.7 Å². The number of hydrogen-bond donors (Lipinski definition) is 2. The lowest BCUT2D eigenvalue weighted by Crippen LogP contribution is -2.32. The van der Waals surface area contributed by atoms with Crippen LogP contribution in [0, 0.1) is 12.3 Å². The molecule has 18 heavy (non-hydrogen) atoms. The van der Waals surface area contributed by atoms with Crippen LogP contribution in [-0.4, -0.2) is 26.7 Å². The molecule has 0 unspecified atom stereocenters. The molecule has 1 saturated carbocycles. The van der Waals surface area contributed by atoms with Crippen LogP contribution < -0.4 is 4.72 Å². The molecule has 6 heteroatoms. The van der Waals surface area contributed by atoms with E-state index in [0.29, 0.717) is 10.6 Å². The van der Waals surface area contributed by atoms with Gasteiger partial charge in [-0.1, -0.05) is 17.7 Å². The summed E-state index contributed by atoms with van der Waals surface area (Å²) in [6.07, 6.45) is 1.72. The lowest BCUT2D eigenvalue weighted by atomic mass is 10.1. The standard InChI is InChI=1S/C12H16ClNO3S/c1-9-2-3-10(13)6-11(9)18(16,17)14-7-12(8-15)4-5-12/h2-3,6,14-15H,4-5,7-8H2,1H3. The molecule has 4 nitrogen and oxygen atoms in total. The third-order valence-electron chi connectivity index (χ3n) is 3.37. The molecule has 1 fully saturated rings. The van der Waals surface area contributed by atoms with Crippen LogP contribution in [0.25, 0.3) is 0 Å². The van der Waals surface area contributed by atoms with Gasteiger partial charge < -0.3 is 5.11 Å². The third-order valence-corrected chi connectivity index (χ3v) is 5.15. The van der Waals surface area contributed by atoms with Gasteiger partial charge in [0, 0.05) is 23.6 Å². The van der Waals surface area contributed by atoms with Gasteiger partial charge in [-0.15, -0.1) is 0 Å². The van der Waals surface area contributed by atoms with Crippen LogP contribution in [0.4, 0.5) is 0 Å². The van der Waals surface area contributed by atoms with Crippen molar-refractivity contribution in [3.8, 4) is 0 Å². The highest BCUT2D eigenvalue weighted by Crippen LogP contribution is 2.44. The molecular formula is C12H16ClNO3S. The Morgan fingerprint density at radius 3 is 2.67 bits per heavy atom. The number of aliphatic hydroxyl groups is 1. The minimum absolute atomic E-state index is 0.0179. The molecule has 1 aliphatic rings. The Labute approximate surface area is 112 Å². The monoisotopic (exact) mass is 289 g/mol. The fourth-order valence-electron chi connectivity index (χ4n) is 1.76. The highest BCUT2D eigenvalue weighted by atomic mass is 35.5. The van der Waals surface area contributed by atoms with E-state index >= 15 is 0 Å². The average molecular weight is 290 g/mol. The predicted octanol–water partition coefficient (Wildman–Crippen LogP) is 1.70. The van der Waals surface area contributed by atoms with Gasteiger partial charge in [0.25, 0.3) is 0 Å². The van der Waals surface area contributed by atoms with Crippen molar-refractivity contribution in [2.75, 3.05) is 13.2 Å². The molecule has 0 aliphatic heterocycles. The van der Waals surface area contributed by atoms with Crippen LogP contribution >= 0.6 is 11.6 Å². The van der Waals surface area contributed by atoms with E-state index in [2.05, 4.69) is 4.72 Å². The molecule has 1 aromatic carbocycles. The second-order valence-electron chi connectivity index (χ2n) is 4.89. The first-order valence-electron chi connectivity index (χ1n) is 5.75. The SMILES string of the molecule is Cc1ccc(Cl)cc1S(=O)(=O)NCC1(CO)CC1. The molecule has 0 radical (unpaired) electrons. The van der Waals surface area contributed by atoms with Gasteiger partial charge in [-0.25, -0.2) is 13.1 Å². The fraction of sp³-hybridized carbons (Fsp3) is 0.500. The third kappa shape index (κ3) is 2.85. The van der Waals surface area contributed by atoms with Crippen LogP contribution in [-0.2, 0) is 10.0 Å². The first kappa shape index (κ1) is 13.8. The lowest BCUT2D eigenvalue weighted by molar-refractivity contribution is 0.213. The summed E-state index contributed by atoms with van der Waals surface area (Å²) >= 11 is 5.82. The van der Waals surface area contributed by atoms with E-state index in [1.807, 2.05) is 0 Å². The largest absolute Gasteiger partial charge is 0.396 e. The van der Waals surface area contributed by atoms with E-state index in [1.54, 1.807) is 19.1 Å². The number of nitrogens with one attached hydrogen (secondary N) is 1. The Balaban J connectivity index is 2.18. The topological polar surface area (TPSA) is 66.4 Å². The summed E-state index contributed by atoms with van der Waals surface area (Å²) in [5, 5.41) is 9.56. The van der Waals surface area contributed by atoms with Crippen LogP contribution in [0.2, 0.25) is 5.02 Å². The van der Waals surface area contributed by atoms with Gasteiger partial charge in [-0.3, -0.25) is 0 Å². The molecule has 0 spiro atoms. The van der Waals surface area contributed by atoms with E-state index in [9.17, 15) is 8.42 Å². The van der Waals surface area contributed by atoms with E-state index in [-0.39, 0.29) is 23.5 Å². The average Bonchev–Trinajstić information content (AvgIpc) is 3.11. The molecule has 0 atom stereocenters. The molecule has 0 amide bonds. The maximum atomic E-state index is 12.1. The zero-order chi connectivity index (χ0) is 13.4. The summed E-state index contributed by atoms with van der Waals surface area (Å²) in [5.41, 5.74) is 0.403. The highest BCUT2D eigenvalue weighted by molar-refractivity contribution is 7.89. The second-order valence-corrected chi connectivity index (χ2v) is 7.06. The van der Waals surface area contributed by atoms with Crippen LogP contribution in [0.1, 0.15) is 18.4 Å². The molecule has 100 valence electrons. The van der Waals surface area contributed by atoms with Crippen molar-refractivity contribution in [3.63, 3.8) is 0 Å². The van der Waals surface area contributed by atoms with Crippen molar-refractivity contribution in [2.24, 2.45) is 5.41 Å². The van der Waals surface area contributed by atoms with Crippen molar-refractivity contribution in [1.29, 1.82) is 0 Å². The molecule has 2 rings (SSSR count). The number of rotatable bonds is 5. The molecule has 0 heterocycles. The molecule has 0 saturated heterocycles. The van der Waals surface area contributed by atoms with Crippen molar-refractivity contribution in [3.05, 3.63) is 28.8 Å². The lowest BCUT2D eigenvalue weighted by Gasteiger charge is -2.14. The maximum absolute atomic E-state index is 12.1. The van der Waals surface area contributed by atoms with Crippen molar-refractivity contribution < 1.29 is 13.5 Å². The van der Waals surface area contributed by atoms with Crippen molar-refractivity contribution >= 4 is 21.6 Å². The smallest absolute Gasteiger partial charge is 0.240 e. The van der Waals surface area contributed by atoms with Crippen LogP contribution in [0.15, 0.2) is 23.1 Å². The van der Waals surface area contributed by atoms with Gasteiger partial charge in [0.15, 0.2) is 0 Å². The minimum atomic E-state index is -3.56. The summed E-state index contributed by atoms with van der Waals surface area (Å²) in [7, 11) is -3.56. The second kappa shape index (κ2) is 4.81. The van der Waals surface area contributed by atoms with Gasteiger partial charge in [0.1, 0.15) is 0 Å². The first-order chi connectivity index (χ1) is 8.38. The van der Waals surface area contributed by atoms with Crippen molar-refractivity contribution in [2.45, 2.75) is 24.7 Å². The van der Waals surface area contributed by atoms with E-state index in [0.717, 1.165) is 12.8 Å². The number of halogens is 1. The molecule has 1 aliphatic carbocycles. The Bertz CT molecular complexity index is 552. The highest BCUT2D eigenvalue weighted by Gasteiger charge is 2.42. The number of hydrogen-bond acceptors (Lipinski definition) is 3. The van der Waals surface area contributed by atoms with Gasteiger partial charge in [-0.05, 0) is 37.5 Å². The summed E-state index contributed by atoms with van der Waals surface area (Å²) in [6.45, 7) is 2.02. The van der Waals surface area contributed by atoms with E-state index in [1.165, 1.54) is 6.07 Å². The predicted molar refractivity (Wildman–Crippen MR) is 70.1 cm³/mol. The van der Waals surface area contributed by atoms with Gasteiger partial charge in [0.2, 0.25) is 10.0 Å². The zero-order valence-electron chi connectivity index (χ0n) is 10.1. The summed E-state index contributed by atoms with van der Waals surface area (Å²) < 4.78 is 26.8. The Morgan fingerprint density at radius 1 is 1.44 bits per heavy atom. The molecule has 0 bridgehead atoms. The fourth-order valence-corrected chi connectivity index (χ4v) is 3.42. The van der Waals surface area contributed by atoms with Crippen molar-refractivity contribution in [1.82, 2.24) is 4.72 Å². The van der Waals surface area contributed by atoms with Crippen LogP contribution in [0.5, 0.6) is 0 Å². The Morgan fingerprint density at radius 2 is 2.11 bits per heavy atom. The molecule has 2 N–H and O–H groups in total. The first-order valence-corrected chi connectivity index (χ1v) is 7.61. The van der Waals surface area contributed by atoms with Gasteiger partial charge in [0.05, 0.1) is 4.90 Å². The summed E-state index contributed by atoms with van der Waals surface area (Å²) in [6, 6.07) is 4.78. The summed E-state index contributed by atoms with van der Waals surface area (Å²) in [5.74, 6) is 0. The summed E-state index contributed by atoms with van der Waals surface area (Å²) in [4.78, 5) is 0.198. The number of sulfonamides is 1. The molecule has 0 aromatic heterocycles.